The molecule has 29 heavy (non-hydrogen) atoms. The number of Topliss-reactive ketones (excluding diaryl/α,β-unsaturated/α-hetero) is 1. The fourth-order valence-corrected chi connectivity index (χ4v) is 3.27. The molecule has 7 nitrogen and oxygen atoms in total. The van der Waals surface area contributed by atoms with Crippen LogP contribution in [0.1, 0.15) is 63.2 Å². The molecule has 156 valence electrons. The fourth-order valence-electron chi connectivity index (χ4n) is 3.27. The number of benzene rings is 1. The van der Waals surface area contributed by atoms with Crippen molar-refractivity contribution in [3.8, 4) is 0 Å². The molecule has 1 N–H and O–H groups in total. The van der Waals surface area contributed by atoms with E-state index >= 15 is 0 Å². The predicted molar refractivity (Wildman–Crippen MR) is 111 cm³/mol. The number of hydrogen-bond acceptors (Lipinski definition) is 6. The number of anilines is 1. The number of H-pyrrole nitrogens is 1. The van der Waals surface area contributed by atoms with Gasteiger partial charge in [-0.1, -0.05) is 0 Å². The average Bonchev–Trinajstić information content (AvgIpc) is 3.01. The smallest absolute Gasteiger partial charge is 0.340 e. The van der Waals surface area contributed by atoms with Gasteiger partial charge in [0.1, 0.15) is 0 Å². The highest BCUT2D eigenvalue weighted by Gasteiger charge is 2.26. The molecular formula is C22H28N2O5. The lowest BCUT2D eigenvalue weighted by molar-refractivity contribution is 0.0472. The second-order valence-electron chi connectivity index (χ2n) is 6.56. The number of nitrogens with zero attached hydrogens (tertiary/aromatic N) is 1. The molecule has 0 amide bonds. The maximum Gasteiger partial charge on any atom is 0.340 e. The summed E-state index contributed by atoms with van der Waals surface area (Å²) >= 11 is 0. The van der Waals surface area contributed by atoms with Crippen LogP contribution in [0, 0.1) is 13.8 Å². The number of nitrogens with one attached hydrogen (secondary N) is 1. The second kappa shape index (κ2) is 9.91. The largest absolute Gasteiger partial charge is 0.462 e. The van der Waals surface area contributed by atoms with Gasteiger partial charge in [-0.2, -0.15) is 0 Å². The van der Waals surface area contributed by atoms with Crippen LogP contribution in [0.3, 0.4) is 0 Å². The van der Waals surface area contributed by atoms with Crippen molar-refractivity contribution in [2.75, 3.05) is 31.2 Å². The zero-order valence-corrected chi connectivity index (χ0v) is 17.6. The van der Waals surface area contributed by atoms with Gasteiger partial charge in [0.15, 0.2) is 6.61 Å². The molecule has 1 aromatic carbocycles. The Morgan fingerprint density at radius 1 is 0.862 bits per heavy atom. The van der Waals surface area contributed by atoms with Gasteiger partial charge in [-0.15, -0.1) is 0 Å². The van der Waals surface area contributed by atoms with E-state index in [1.165, 1.54) is 0 Å². The number of esters is 2. The molecule has 2 aromatic rings. The highest BCUT2D eigenvalue weighted by atomic mass is 16.5. The van der Waals surface area contributed by atoms with Crippen molar-refractivity contribution in [3.63, 3.8) is 0 Å². The maximum atomic E-state index is 12.7. The Hall–Kier alpha value is -3.09. The third-order valence-electron chi connectivity index (χ3n) is 4.70. The number of aryl methyl sites for hydroxylation is 2. The van der Waals surface area contributed by atoms with E-state index < -0.39 is 24.3 Å². The van der Waals surface area contributed by atoms with Crippen LogP contribution in [-0.4, -0.2) is 49.0 Å². The SMILES string of the molecule is CCOC(=O)c1c(C)[nH]c(C)c1C(=O)COC(=O)c1ccc(N(CC)CC)cc1. The standard InChI is InChI=1S/C22H28N2O5/c1-6-24(7-2)17-11-9-16(10-12-17)21(26)29-13-18(25)19-14(4)23-15(5)20(19)22(27)28-8-3/h9-12,23H,6-8,13H2,1-5H3. The quantitative estimate of drug-likeness (QED) is 0.510. The molecule has 0 spiro atoms. The molecule has 0 radical (unpaired) electrons. The van der Waals surface area contributed by atoms with Crippen molar-refractivity contribution in [2.45, 2.75) is 34.6 Å². The third-order valence-corrected chi connectivity index (χ3v) is 4.70. The first-order chi connectivity index (χ1) is 13.8. The Bertz CT molecular complexity index is 879. The van der Waals surface area contributed by atoms with E-state index in [4.69, 9.17) is 9.47 Å². The second-order valence-corrected chi connectivity index (χ2v) is 6.56. The van der Waals surface area contributed by atoms with Crippen LogP contribution in [-0.2, 0) is 9.47 Å². The minimum Gasteiger partial charge on any atom is -0.462 e. The maximum absolute atomic E-state index is 12.7. The van der Waals surface area contributed by atoms with Crippen LogP contribution in [0.25, 0.3) is 0 Å². The Labute approximate surface area is 171 Å². The summed E-state index contributed by atoms with van der Waals surface area (Å²) in [6.07, 6.45) is 0. The number of carbonyl (C=O) groups is 3. The molecule has 1 aromatic heterocycles. The lowest BCUT2D eigenvalue weighted by atomic mass is 10.1. The van der Waals surface area contributed by atoms with E-state index in [0.29, 0.717) is 17.0 Å². The van der Waals surface area contributed by atoms with E-state index in [0.717, 1.165) is 18.8 Å². The van der Waals surface area contributed by atoms with Gasteiger partial charge in [-0.25, -0.2) is 9.59 Å². The molecule has 2 rings (SSSR count). The summed E-state index contributed by atoms with van der Waals surface area (Å²) in [6.45, 7) is 10.7. The molecule has 0 fully saturated rings. The van der Waals surface area contributed by atoms with Gasteiger partial charge in [0.05, 0.1) is 23.3 Å². The molecule has 7 heteroatoms. The zero-order chi connectivity index (χ0) is 21.6. The van der Waals surface area contributed by atoms with Crippen molar-refractivity contribution in [1.82, 2.24) is 4.98 Å². The third kappa shape index (κ3) is 5.04. The lowest BCUT2D eigenvalue weighted by Crippen LogP contribution is -2.22. The fraction of sp³-hybridized carbons (Fsp3) is 0.409. The summed E-state index contributed by atoms with van der Waals surface area (Å²) in [7, 11) is 0. The topological polar surface area (TPSA) is 88.7 Å². The summed E-state index contributed by atoms with van der Waals surface area (Å²) < 4.78 is 10.2. The normalized spacial score (nSPS) is 10.5. The molecule has 1 heterocycles. The average molecular weight is 400 g/mol. The van der Waals surface area contributed by atoms with Gasteiger partial charge >= 0.3 is 11.9 Å². The number of aromatic amines is 1. The van der Waals surface area contributed by atoms with E-state index in [2.05, 4.69) is 23.7 Å². The number of rotatable bonds is 9. The number of carbonyl (C=O) groups excluding carboxylic acids is 3. The van der Waals surface area contributed by atoms with Crippen LogP contribution < -0.4 is 4.90 Å². The number of ether oxygens (including phenoxy) is 2. The Kier molecular flexibility index (Phi) is 7.59. The van der Waals surface area contributed by atoms with Gasteiger partial charge in [0, 0.05) is 30.2 Å². The van der Waals surface area contributed by atoms with Crippen LogP contribution in [0.4, 0.5) is 5.69 Å². The predicted octanol–water partition coefficient (Wildman–Crippen LogP) is 3.69. The van der Waals surface area contributed by atoms with Crippen molar-refractivity contribution < 1.29 is 23.9 Å². The van der Waals surface area contributed by atoms with E-state index in [1.54, 1.807) is 32.9 Å². The van der Waals surface area contributed by atoms with Gasteiger partial charge in [-0.05, 0) is 58.9 Å². The first kappa shape index (κ1) is 22.2. The minimum atomic E-state index is -0.591. The lowest BCUT2D eigenvalue weighted by Gasteiger charge is -2.20. The molecule has 0 atom stereocenters. The van der Waals surface area contributed by atoms with E-state index in [9.17, 15) is 14.4 Å². The molecule has 0 aliphatic heterocycles. The Morgan fingerprint density at radius 2 is 1.45 bits per heavy atom. The van der Waals surface area contributed by atoms with Crippen molar-refractivity contribution >= 4 is 23.4 Å². The molecule has 0 saturated carbocycles. The molecule has 0 unspecified atom stereocenters. The van der Waals surface area contributed by atoms with Crippen molar-refractivity contribution in [1.29, 1.82) is 0 Å². The van der Waals surface area contributed by atoms with Gasteiger partial charge < -0.3 is 19.4 Å². The number of hydrogen-bond donors (Lipinski definition) is 1. The molecule has 0 bridgehead atoms. The minimum absolute atomic E-state index is 0.189. The molecule has 0 aliphatic carbocycles. The van der Waals surface area contributed by atoms with Gasteiger partial charge in [0.25, 0.3) is 0 Å². The first-order valence-corrected chi connectivity index (χ1v) is 9.75. The molecule has 0 saturated heterocycles. The highest BCUT2D eigenvalue weighted by Crippen LogP contribution is 2.21. The highest BCUT2D eigenvalue weighted by molar-refractivity contribution is 6.09. The van der Waals surface area contributed by atoms with Crippen molar-refractivity contribution in [3.05, 3.63) is 52.3 Å². The van der Waals surface area contributed by atoms with Gasteiger partial charge in [0.2, 0.25) is 5.78 Å². The number of ketones is 1. The van der Waals surface area contributed by atoms with E-state index in [1.807, 2.05) is 12.1 Å². The number of aromatic nitrogens is 1. The van der Waals surface area contributed by atoms with Crippen molar-refractivity contribution in [2.24, 2.45) is 0 Å². The van der Waals surface area contributed by atoms with E-state index in [-0.39, 0.29) is 17.7 Å². The molecular weight excluding hydrogens is 372 g/mol. The van der Waals surface area contributed by atoms with Gasteiger partial charge in [-0.3, -0.25) is 4.79 Å². The Morgan fingerprint density at radius 3 is 2.00 bits per heavy atom. The van der Waals surface area contributed by atoms with Crippen LogP contribution >= 0.6 is 0 Å². The summed E-state index contributed by atoms with van der Waals surface area (Å²) in [5.74, 6) is -1.62. The first-order valence-electron chi connectivity index (χ1n) is 9.75. The summed E-state index contributed by atoms with van der Waals surface area (Å²) in [4.78, 5) is 42.3. The Balaban J connectivity index is 2.09. The van der Waals surface area contributed by atoms with Crippen LogP contribution in [0.15, 0.2) is 24.3 Å². The monoisotopic (exact) mass is 400 g/mol. The summed E-state index contributed by atoms with van der Waals surface area (Å²) in [6, 6.07) is 7.06. The van der Waals surface area contributed by atoms with Crippen LogP contribution in [0.5, 0.6) is 0 Å². The zero-order valence-electron chi connectivity index (χ0n) is 17.6. The summed E-state index contributed by atoms with van der Waals surface area (Å²) in [5.41, 5.74) is 2.85. The summed E-state index contributed by atoms with van der Waals surface area (Å²) in [5, 5.41) is 0. The molecule has 0 aliphatic rings. The van der Waals surface area contributed by atoms with Crippen LogP contribution in [0.2, 0.25) is 0 Å².